The molecule has 10 heteroatoms. The van der Waals surface area contributed by atoms with E-state index >= 15 is 0 Å². The van der Waals surface area contributed by atoms with Crippen molar-refractivity contribution in [3.05, 3.63) is 51.2 Å². The van der Waals surface area contributed by atoms with Crippen LogP contribution in [0.3, 0.4) is 0 Å². The quantitative estimate of drug-likeness (QED) is 0.583. The van der Waals surface area contributed by atoms with Gasteiger partial charge < -0.3 is 19.8 Å². The summed E-state index contributed by atoms with van der Waals surface area (Å²) in [5.41, 5.74) is 1.14. The van der Waals surface area contributed by atoms with Crippen molar-refractivity contribution in [2.24, 2.45) is 0 Å². The number of amides is 1. The van der Waals surface area contributed by atoms with Crippen LogP contribution in [0, 0.1) is 0 Å². The van der Waals surface area contributed by atoms with Crippen LogP contribution in [0.2, 0.25) is 4.34 Å². The van der Waals surface area contributed by atoms with E-state index in [1.807, 2.05) is 30.3 Å². The maximum atomic E-state index is 12.5. The molecule has 1 aromatic carbocycles. The van der Waals surface area contributed by atoms with Crippen molar-refractivity contribution in [1.82, 2.24) is 5.32 Å². The van der Waals surface area contributed by atoms with Gasteiger partial charge >= 0.3 is 7.82 Å². The fourth-order valence-corrected chi connectivity index (χ4v) is 3.59. The molecule has 0 aliphatic rings. The zero-order valence-electron chi connectivity index (χ0n) is 13.2. The Kier molecular flexibility index (Phi) is 7.01. The maximum Gasteiger partial charge on any atom is 0.469 e. The van der Waals surface area contributed by atoms with Gasteiger partial charge in [0.2, 0.25) is 0 Å². The number of hydrogen-bond acceptors (Lipinski definition) is 5. The highest BCUT2D eigenvalue weighted by Crippen LogP contribution is 2.36. The standard InChI is InChI=1S/C15H17ClNO6PS/c1-22-13-12(9-25-14(13)16)15(18)17-11(8-23-24(19,20)21)7-10-5-3-2-4-6-10/h2-6,9,11H,7-8H2,1H3,(H,17,18)(H2,19,20,21)/t11-/m1/s1. The summed E-state index contributed by atoms with van der Waals surface area (Å²) in [6.07, 6.45) is 0.340. The molecule has 1 amide bonds. The van der Waals surface area contributed by atoms with Gasteiger partial charge in [-0.05, 0) is 12.0 Å². The summed E-state index contributed by atoms with van der Waals surface area (Å²) in [6, 6.07) is 8.56. The van der Waals surface area contributed by atoms with E-state index in [1.54, 1.807) is 5.38 Å². The van der Waals surface area contributed by atoms with Crippen LogP contribution in [0.15, 0.2) is 35.7 Å². The number of thiophene rings is 1. The number of carbonyl (C=O) groups is 1. The predicted octanol–water partition coefficient (Wildman–Crippen LogP) is 2.86. The predicted molar refractivity (Wildman–Crippen MR) is 95.3 cm³/mol. The summed E-state index contributed by atoms with van der Waals surface area (Å²) in [5.74, 6) is -0.200. The Bertz CT molecular complexity index is 763. The molecule has 1 aromatic heterocycles. The third kappa shape index (κ3) is 6.11. The van der Waals surface area contributed by atoms with Crippen LogP contribution in [0.5, 0.6) is 5.75 Å². The second-order valence-corrected chi connectivity index (χ2v) is 7.82. The first-order valence-electron chi connectivity index (χ1n) is 7.16. The first-order valence-corrected chi connectivity index (χ1v) is 9.95. The molecule has 0 spiro atoms. The first kappa shape index (κ1) is 19.9. The number of phosphoric acid groups is 1. The fraction of sp³-hybridized carbons (Fsp3) is 0.267. The van der Waals surface area contributed by atoms with Gasteiger partial charge in [-0.1, -0.05) is 41.9 Å². The van der Waals surface area contributed by atoms with Crippen molar-refractivity contribution in [3.63, 3.8) is 0 Å². The molecule has 3 N–H and O–H groups in total. The Morgan fingerprint density at radius 1 is 1.36 bits per heavy atom. The Morgan fingerprint density at radius 2 is 2.04 bits per heavy atom. The van der Waals surface area contributed by atoms with Crippen molar-refractivity contribution in [3.8, 4) is 5.75 Å². The molecule has 0 bridgehead atoms. The Balaban J connectivity index is 2.13. The third-order valence-corrected chi connectivity index (χ3v) is 4.93. The van der Waals surface area contributed by atoms with Gasteiger partial charge in [-0.25, -0.2) is 4.57 Å². The number of halogens is 1. The molecule has 7 nitrogen and oxygen atoms in total. The molecular formula is C15H17ClNO6PS. The fourth-order valence-electron chi connectivity index (χ4n) is 2.17. The number of hydrogen-bond donors (Lipinski definition) is 3. The minimum atomic E-state index is -4.65. The van der Waals surface area contributed by atoms with Crippen LogP contribution >= 0.6 is 30.8 Å². The monoisotopic (exact) mass is 405 g/mol. The summed E-state index contributed by atoms with van der Waals surface area (Å²) in [7, 11) is -3.24. The molecule has 0 saturated carbocycles. The normalized spacial score (nSPS) is 12.6. The third-order valence-electron chi connectivity index (χ3n) is 3.26. The molecule has 0 saturated heterocycles. The van der Waals surface area contributed by atoms with E-state index in [9.17, 15) is 9.36 Å². The topological polar surface area (TPSA) is 105 Å². The van der Waals surface area contributed by atoms with E-state index in [1.165, 1.54) is 7.11 Å². The summed E-state index contributed by atoms with van der Waals surface area (Å²) in [6.45, 7) is -0.342. The zero-order chi connectivity index (χ0) is 18.4. The van der Waals surface area contributed by atoms with Crippen molar-refractivity contribution >= 4 is 36.7 Å². The Morgan fingerprint density at radius 3 is 2.64 bits per heavy atom. The molecule has 0 aliphatic carbocycles. The highest BCUT2D eigenvalue weighted by Gasteiger charge is 2.23. The number of phosphoric ester groups is 1. The lowest BCUT2D eigenvalue weighted by molar-refractivity contribution is 0.0907. The molecule has 25 heavy (non-hydrogen) atoms. The van der Waals surface area contributed by atoms with Crippen LogP contribution in [-0.2, 0) is 15.5 Å². The van der Waals surface area contributed by atoms with Crippen molar-refractivity contribution in [2.75, 3.05) is 13.7 Å². The first-order chi connectivity index (χ1) is 11.8. The largest absolute Gasteiger partial charge is 0.493 e. The SMILES string of the molecule is COc1c(C(=O)N[C@@H](COP(=O)(O)O)Cc2ccccc2)csc1Cl. The number of carbonyl (C=O) groups excluding carboxylic acids is 1. The Labute approximate surface area is 153 Å². The summed E-state index contributed by atoms with van der Waals surface area (Å²) < 4.78 is 21.0. The lowest BCUT2D eigenvalue weighted by atomic mass is 10.1. The number of rotatable bonds is 8. The van der Waals surface area contributed by atoms with E-state index in [2.05, 4.69) is 9.84 Å². The summed E-state index contributed by atoms with van der Waals surface area (Å²) >= 11 is 7.12. The van der Waals surface area contributed by atoms with Gasteiger partial charge in [0.15, 0.2) is 5.75 Å². The molecule has 1 atom stereocenters. The number of nitrogens with one attached hydrogen (secondary N) is 1. The van der Waals surface area contributed by atoms with Crippen molar-refractivity contribution in [1.29, 1.82) is 0 Å². The second kappa shape index (κ2) is 8.80. The highest BCUT2D eigenvalue weighted by atomic mass is 35.5. The molecule has 2 aromatic rings. The lowest BCUT2D eigenvalue weighted by Crippen LogP contribution is -2.39. The van der Waals surface area contributed by atoms with Gasteiger partial charge in [-0.15, -0.1) is 11.3 Å². The van der Waals surface area contributed by atoms with Crippen LogP contribution in [-0.4, -0.2) is 35.5 Å². The number of methoxy groups -OCH3 is 1. The molecular weight excluding hydrogens is 389 g/mol. The molecule has 0 unspecified atom stereocenters. The van der Waals surface area contributed by atoms with Gasteiger partial charge in [0.05, 0.1) is 25.3 Å². The van der Waals surface area contributed by atoms with Crippen molar-refractivity contribution in [2.45, 2.75) is 12.5 Å². The van der Waals surface area contributed by atoms with Crippen LogP contribution in [0.1, 0.15) is 15.9 Å². The van der Waals surface area contributed by atoms with Crippen LogP contribution in [0.25, 0.3) is 0 Å². The Hall–Kier alpha value is -1.41. The van der Waals surface area contributed by atoms with Crippen LogP contribution in [0.4, 0.5) is 0 Å². The van der Waals surface area contributed by atoms with E-state index in [0.29, 0.717) is 10.8 Å². The lowest BCUT2D eigenvalue weighted by Gasteiger charge is -2.19. The van der Waals surface area contributed by atoms with E-state index in [-0.39, 0.29) is 17.9 Å². The van der Waals surface area contributed by atoms with E-state index in [0.717, 1.165) is 16.9 Å². The molecule has 0 radical (unpaired) electrons. The van der Waals surface area contributed by atoms with Gasteiger partial charge in [0.25, 0.3) is 5.91 Å². The summed E-state index contributed by atoms with van der Waals surface area (Å²) in [5, 5.41) is 4.26. The number of ether oxygens (including phenoxy) is 1. The molecule has 136 valence electrons. The van der Waals surface area contributed by atoms with Gasteiger partial charge in [-0.3, -0.25) is 9.32 Å². The maximum absolute atomic E-state index is 12.5. The van der Waals surface area contributed by atoms with E-state index in [4.69, 9.17) is 26.1 Å². The van der Waals surface area contributed by atoms with Gasteiger partial charge in [0, 0.05) is 5.38 Å². The van der Waals surface area contributed by atoms with Gasteiger partial charge in [0.1, 0.15) is 4.34 Å². The zero-order valence-corrected chi connectivity index (χ0v) is 15.7. The smallest absolute Gasteiger partial charge is 0.469 e. The van der Waals surface area contributed by atoms with Crippen molar-refractivity contribution < 1.29 is 28.4 Å². The molecule has 1 heterocycles. The minimum absolute atomic E-state index is 0.256. The van der Waals surface area contributed by atoms with Gasteiger partial charge in [-0.2, -0.15) is 0 Å². The summed E-state index contributed by atoms with van der Waals surface area (Å²) in [4.78, 5) is 30.3. The average molecular weight is 406 g/mol. The molecule has 0 fully saturated rings. The highest BCUT2D eigenvalue weighted by molar-refractivity contribution is 7.46. The minimum Gasteiger partial charge on any atom is -0.493 e. The average Bonchev–Trinajstić information content (AvgIpc) is 2.93. The second-order valence-electron chi connectivity index (χ2n) is 5.10. The van der Waals surface area contributed by atoms with Crippen LogP contribution < -0.4 is 10.1 Å². The number of benzene rings is 1. The molecule has 2 rings (SSSR count). The van der Waals surface area contributed by atoms with E-state index < -0.39 is 19.8 Å². The molecule has 0 aliphatic heterocycles.